The number of benzene rings is 1. The molecular weight excluding hydrogens is 320 g/mol. The molecule has 1 unspecified atom stereocenters. The minimum Gasteiger partial charge on any atom is -0.494 e. The highest BCUT2D eigenvalue weighted by Gasteiger charge is 2.23. The molecule has 0 saturated heterocycles. The van der Waals surface area contributed by atoms with E-state index < -0.39 is 0 Å². The Hall–Kier alpha value is -3.22. The van der Waals surface area contributed by atoms with E-state index in [9.17, 15) is 9.59 Å². The Labute approximate surface area is 145 Å². The van der Waals surface area contributed by atoms with E-state index in [1.807, 2.05) is 31.2 Å². The SMILES string of the molecule is CCOc1ccc(C2CC(=O)NC(NC(=O)c3ccncc3)=N2)cc1. The number of hydrogen-bond acceptors (Lipinski definition) is 5. The van der Waals surface area contributed by atoms with Crippen LogP contribution in [0, 0.1) is 0 Å². The molecule has 0 spiro atoms. The normalized spacial score (nSPS) is 16.6. The van der Waals surface area contributed by atoms with Crippen molar-refractivity contribution in [2.45, 2.75) is 19.4 Å². The highest BCUT2D eigenvalue weighted by Crippen LogP contribution is 2.25. The first kappa shape index (κ1) is 16.6. The molecule has 128 valence electrons. The first-order valence-electron chi connectivity index (χ1n) is 7.97. The van der Waals surface area contributed by atoms with Gasteiger partial charge in [-0.25, -0.2) is 4.99 Å². The van der Waals surface area contributed by atoms with E-state index in [4.69, 9.17) is 4.74 Å². The second-order valence-electron chi connectivity index (χ2n) is 5.44. The molecule has 2 amide bonds. The average Bonchev–Trinajstić information content (AvgIpc) is 2.63. The van der Waals surface area contributed by atoms with E-state index in [0.29, 0.717) is 12.2 Å². The molecule has 0 aliphatic carbocycles. The zero-order chi connectivity index (χ0) is 17.6. The quantitative estimate of drug-likeness (QED) is 0.889. The third kappa shape index (κ3) is 4.20. The molecule has 1 aromatic heterocycles. The Bertz CT molecular complexity index is 788. The lowest BCUT2D eigenvalue weighted by Crippen LogP contribution is -2.47. The summed E-state index contributed by atoms with van der Waals surface area (Å²) >= 11 is 0. The lowest BCUT2D eigenvalue weighted by atomic mass is 10.0. The summed E-state index contributed by atoms with van der Waals surface area (Å²) < 4.78 is 5.41. The maximum atomic E-state index is 12.2. The van der Waals surface area contributed by atoms with Crippen LogP contribution in [0.25, 0.3) is 0 Å². The molecule has 2 N–H and O–H groups in total. The van der Waals surface area contributed by atoms with E-state index in [-0.39, 0.29) is 30.2 Å². The van der Waals surface area contributed by atoms with Crippen molar-refractivity contribution < 1.29 is 14.3 Å². The number of ether oxygens (including phenoxy) is 1. The van der Waals surface area contributed by atoms with Crippen LogP contribution in [0.4, 0.5) is 0 Å². The Balaban J connectivity index is 1.75. The van der Waals surface area contributed by atoms with Gasteiger partial charge in [0.25, 0.3) is 5.91 Å². The standard InChI is InChI=1S/C18H18N4O3/c1-2-25-14-5-3-12(4-6-14)15-11-16(23)21-18(20-15)22-17(24)13-7-9-19-10-8-13/h3-10,15H,2,11H2,1H3,(H2,20,21,22,23,24). The summed E-state index contributed by atoms with van der Waals surface area (Å²) in [5.41, 5.74) is 1.32. The molecule has 2 aromatic rings. The topological polar surface area (TPSA) is 92.7 Å². The molecule has 0 radical (unpaired) electrons. The fourth-order valence-electron chi connectivity index (χ4n) is 2.48. The number of nitrogens with one attached hydrogen (secondary N) is 2. The minimum atomic E-state index is -0.353. The highest BCUT2D eigenvalue weighted by molar-refractivity contribution is 6.10. The van der Waals surface area contributed by atoms with Crippen molar-refractivity contribution in [3.8, 4) is 5.75 Å². The zero-order valence-corrected chi connectivity index (χ0v) is 13.7. The summed E-state index contributed by atoms with van der Waals surface area (Å²) in [4.78, 5) is 32.5. The minimum absolute atomic E-state index is 0.150. The number of carbonyl (C=O) groups excluding carboxylic acids is 2. The molecule has 0 fully saturated rings. The van der Waals surface area contributed by atoms with Gasteiger partial charge in [-0.15, -0.1) is 0 Å². The van der Waals surface area contributed by atoms with Crippen LogP contribution in [-0.2, 0) is 4.79 Å². The van der Waals surface area contributed by atoms with Crippen molar-refractivity contribution in [1.82, 2.24) is 15.6 Å². The second kappa shape index (κ2) is 7.57. The van der Waals surface area contributed by atoms with Crippen LogP contribution in [0.5, 0.6) is 5.75 Å². The fraction of sp³-hybridized carbons (Fsp3) is 0.222. The summed E-state index contributed by atoms with van der Waals surface area (Å²) in [7, 11) is 0. The van der Waals surface area contributed by atoms with Gasteiger partial charge < -0.3 is 4.74 Å². The molecule has 1 atom stereocenters. The van der Waals surface area contributed by atoms with Gasteiger partial charge in [-0.2, -0.15) is 0 Å². The van der Waals surface area contributed by atoms with Crippen molar-refractivity contribution in [2.75, 3.05) is 6.61 Å². The van der Waals surface area contributed by atoms with Crippen LogP contribution in [0.15, 0.2) is 53.8 Å². The van der Waals surface area contributed by atoms with Crippen molar-refractivity contribution in [1.29, 1.82) is 0 Å². The summed E-state index contributed by atoms with van der Waals surface area (Å²) in [6, 6.07) is 10.3. The summed E-state index contributed by atoms with van der Waals surface area (Å²) in [5.74, 6) is 0.367. The Morgan fingerprint density at radius 2 is 1.96 bits per heavy atom. The van der Waals surface area contributed by atoms with Gasteiger partial charge in [0.15, 0.2) is 0 Å². The number of pyridine rings is 1. The molecule has 7 nitrogen and oxygen atoms in total. The molecule has 1 aliphatic rings. The number of rotatable bonds is 4. The molecule has 1 aliphatic heterocycles. The average molecular weight is 338 g/mol. The van der Waals surface area contributed by atoms with E-state index in [0.717, 1.165) is 11.3 Å². The van der Waals surface area contributed by atoms with E-state index in [2.05, 4.69) is 20.6 Å². The van der Waals surface area contributed by atoms with Crippen molar-refractivity contribution in [3.05, 3.63) is 59.9 Å². The lowest BCUT2D eigenvalue weighted by Gasteiger charge is -2.21. The van der Waals surface area contributed by atoms with Gasteiger partial charge in [0.1, 0.15) is 5.75 Å². The Kier molecular flexibility index (Phi) is 5.03. The van der Waals surface area contributed by atoms with Gasteiger partial charge in [-0.3, -0.25) is 25.2 Å². The number of hydrogen-bond donors (Lipinski definition) is 2. The molecular formula is C18H18N4O3. The predicted molar refractivity (Wildman–Crippen MR) is 92.2 cm³/mol. The van der Waals surface area contributed by atoms with Crippen LogP contribution in [-0.4, -0.2) is 29.4 Å². The van der Waals surface area contributed by atoms with Crippen molar-refractivity contribution in [3.63, 3.8) is 0 Å². The lowest BCUT2D eigenvalue weighted by molar-refractivity contribution is -0.120. The number of carbonyl (C=O) groups is 2. The third-order valence-corrected chi connectivity index (χ3v) is 3.67. The van der Waals surface area contributed by atoms with Gasteiger partial charge in [0, 0.05) is 18.0 Å². The van der Waals surface area contributed by atoms with Gasteiger partial charge in [-0.05, 0) is 36.8 Å². The number of aromatic nitrogens is 1. The third-order valence-electron chi connectivity index (χ3n) is 3.67. The molecule has 0 bridgehead atoms. The number of aliphatic imine (C=N–C) groups is 1. The van der Waals surface area contributed by atoms with Crippen molar-refractivity contribution in [2.24, 2.45) is 4.99 Å². The molecule has 1 aromatic carbocycles. The summed E-state index contributed by atoms with van der Waals surface area (Å²) in [6.45, 7) is 2.51. The first-order valence-corrected chi connectivity index (χ1v) is 7.97. The first-order chi connectivity index (χ1) is 12.2. The van der Waals surface area contributed by atoms with Gasteiger partial charge in [0.2, 0.25) is 11.9 Å². The van der Waals surface area contributed by atoms with E-state index in [1.165, 1.54) is 12.4 Å². The largest absolute Gasteiger partial charge is 0.494 e. The highest BCUT2D eigenvalue weighted by atomic mass is 16.5. The zero-order valence-electron chi connectivity index (χ0n) is 13.7. The summed E-state index contributed by atoms with van der Waals surface area (Å²) in [6.07, 6.45) is 3.28. The van der Waals surface area contributed by atoms with Gasteiger partial charge >= 0.3 is 0 Å². The number of guanidine groups is 1. The van der Waals surface area contributed by atoms with Gasteiger partial charge in [0.05, 0.1) is 19.1 Å². The maximum Gasteiger partial charge on any atom is 0.258 e. The van der Waals surface area contributed by atoms with Crippen LogP contribution in [0.2, 0.25) is 0 Å². The molecule has 7 heteroatoms. The van der Waals surface area contributed by atoms with Crippen molar-refractivity contribution >= 4 is 17.8 Å². The smallest absolute Gasteiger partial charge is 0.258 e. The van der Waals surface area contributed by atoms with Crippen LogP contribution in [0.1, 0.15) is 35.3 Å². The predicted octanol–water partition coefficient (Wildman–Crippen LogP) is 1.83. The Morgan fingerprint density at radius 3 is 2.64 bits per heavy atom. The van der Waals surface area contributed by atoms with E-state index >= 15 is 0 Å². The monoisotopic (exact) mass is 338 g/mol. The molecule has 0 saturated carbocycles. The van der Waals surface area contributed by atoms with E-state index in [1.54, 1.807) is 12.1 Å². The molecule has 25 heavy (non-hydrogen) atoms. The fourth-order valence-corrected chi connectivity index (χ4v) is 2.48. The van der Waals surface area contributed by atoms with Crippen LogP contribution in [0.3, 0.4) is 0 Å². The van der Waals surface area contributed by atoms with Crippen LogP contribution >= 0.6 is 0 Å². The maximum absolute atomic E-state index is 12.2. The summed E-state index contributed by atoms with van der Waals surface area (Å²) in [5, 5.41) is 5.21. The second-order valence-corrected chi connectivity index (χ2v) is 5.44. The van der Waals surface area contributed by atoms with Gasteiger partial charge in [-0.1, -0.05) is 12.1 Å². The number of amides is 2. The molecule has 2 heterocycles. The van der Waals surface area contributed by atoms with Crippen LogP contribution < -0.4 is 15.4 Å². The number of nitrogens with zero attached hydrogens (tertiary/aromatic N) is 2. The molecule has 3 rings (SSSR count). The Morgan fingerprint density at radius 1 is 1.24 bits per heavy atom.